The first-order valence-corrected chi connectivity index (χ1v) is 6.15. The molecule has 0 saturated heterocycles. The average molecular weight is 285 g/mol. The van der Waals surface area contributed by atoms with Crippen LogP contribution < -0.4 is 10.5 Å². The Morgan fingerprint density at radius 1 is 1.30 bits per heavy atom. The predicted octanol–water partition coefficient (Wildman–Crippen LogP) is 3.08. The van der Waals surface area contributed by atoms with E-state index in [-0.39, 0.29) is 11.7 Å². The number of hydrogen-bond acceptors (Lipinski definition) is 4. The van der Waals surface area contributed by atoms with Crippen LogP contribution in [0.4, 0.5) is 13.2 Å². The van der Waals surface area contributed by atoms with Gasteiger partial charge in [0, 0.05) is 17.9 Å². The van der Waals surface area contributed by atoms with Gasteiger partial charge >= 0.3 is 6.36 Å². The van der Waals surface area contributed by atoms with E-state index >= 15 is 0 Å². The minimum absolute atomic E-state index is 0.0644. The Morgan fingerprint density at radius 2 is 2.00 bits per heavy atom. The second kappa shape index (κ2) is 5.52. The van der Waals surface area contributed by atoms with Crippen LogP contribution >= 0.6 is 0 Å². The van der Waals surface area contributed by atoms with Crippen LogP contribution in [0, 0.1) is 5.92 Å². The molecule has 1 aromatic carbocycles. The van der Waals surface area contributed by atoms with Crippen LogP contribution in [0.15, 0.2) is 34.5 Å². The maximum absolute atomic E-state index is 12.4. The van der Waals surface area contributed by atoms with Gasteiger partial charge in [-0.25, -0.2) is 0 Å². The van der Waals surface area contributed by atoms with E-state index in [9.17, 15) is 13.2 Å². The van der Waals surface area contributed by atoms with E-state index in [4.69, 9.17) is 5.73 Å². The Kier molecular flexibility index (Phi) is 3.96. The highest BCUT2D eigenvalue weighted by molar-refractivity contribution is 6.07. The molecule has 0 saturated carbocycles. The van der Waals surface area contributed by atoms with E-state index < -0.39 is 6.36 Å². The molecule has 20 heavy (non-hydrogen) atoms. The molecule has 0 amide bonds. The molecular formula is C13H14F3N3O. The maximum Gasteiger partial charge on any atom is 0.573 e. The zero-order valence-electron chi connectivity index (χ0n) is 10.8. The number of halogens is 3. The molecule has 0 radical (unpaired) electrons. The molecule has 0 spiro atoms. The van der Waals surface area contributed by atoms with Crippen molar-refractivity contribution in [3.63, 3.8) is 0 Å². The average Bonchev–Trinajstić information content (AvgIpc) is 2.38. The molecular weight excluding hydrogens is 271 g/mol. The van der Waals surface area contributed by atoms with Crippen molar-refractivity contribution in [2.75, 3.05) is 0 Å². The molecule has 7 heteroatoms. The van der Waals surface area contributed by atoms with E-state index in [2.05, 4.69) is 14.9 Å². The Labute approximate surface area is 114 Å². The fourth-order valence-corrected chi connectivity index (χ4v) is 2.09. The normalized spacial score (nSPS) is 19.3. The summed E-state index contributed by atoms with van der Waals surface area (Å²) in [5.41, 5.74) is 6.39. The van der Waals surface area contributed by atoms with Crippen molar-refractivity contribution in [1.82, 2.24) is 0 Å². The van der Waals surface area contributed by atoms with Gasteiger partial charge in [0.1, 0.15) is 11.6 Å². The summed E-state index contributed by atoms with van der Waals surface area (Å²) in [7, 11) is 0. The van der Waals surface area contributed by atoms with Gasteiger partial charge in [0.2, 0.25) is 0 Å². The molecule has 2 N–H and O–H groups in total. The number of amidine groups is 1. The van der Waals surface area contributed by atoms with Crippen LogP contribution in [-0.2, 0) is 0 Å². The SMILES string of the molecule is CCC1CC(N)=NN=C1c1ccccc1OC(F)(F)F. The Morgan fingerprint density at radius 3 is 2.65 bits per heavy atom. The zero-order valence-corrected chi connectivity index (χ0v) is 10.8. The van der Waals surface area contributed by atoms with Crippen LogP contribution in [0.2, 0.25) is 0 Å². The Bertz CT molecular complexity index is 552. The number of nitrogens with zero attached hydrogens (tertiary/aromatic N) is 2. The molecule has 0 bridgehead atoms. The highest BCUT2D eigenvalue weighted by atomic mass is 19.4. The highest BCUT2D eigenvalue weighted by Crippen LogP contribution is 2.30. The summed E-state index contributed by atoms with van der Waals surface area (Å²) in [5, 5.41) is 7.72. The van der Waals surface area contributed by atoms with Gasteiger partial charge in [-0.1, -0.05) is 19.1 Å². The second-order valence-corrected chi connectivity index (χ2v) is 4.43. The van der Waals surface area contributed by atoms with Crippen molar-refractivity contribution in [3.05, 3.63) is 29.8 Å². The summed E-state index contributed by atoms with van der Waals surface area (Å²) in [5.74, 6) is 0.0492. The third-order valence-corrected chi connectivity index (χ3v) is 3.01. The number of nitrogens with two attached hydrogens (primary N) is 1. The molecule has 1 aliphatic heterocycles. The minimum Gasteiger partial charge on any atom is -0.405 e. The minimum atomic E-state index is -4.74. The molecule has 1 atom stereocenters. The number of rotatable bonds is 3. The number of hydrogen-bond donors (Lipinski definition) is 1. The second-order valence-electron chi connectivity index (χ2n) is 4.43. The molecule has 1 aliphatic rings. The zero-order chi connectivity index (χ0) is 14.8. The standard InChI is InChI=1S/C13H14F3N3O/c1-2-8-7-11(17)18-19-12(8)9-5-3-4-6-10(9)20-13(14,15)16/h3-6,8H,2,7H2,1H3,(H2,17,18). The fourth-order valence-electron chi connectivity index (χ4n) is 2.09. The molecule has 0 aliphatic carbocycles. The quantitative estimate of drug-likeness (QED) is 0.927. The number of alkyl halides is 3. The lowest BCUT2D eigenvalue weighted by atomic mass is 9.90. The van der Waals surface area contributed by atoms with Gasteiger partial charge in [-0.05, 0) is 18.6 Å². The third-order valence-electron chi connectivity index (χ3n) is 3.01. The van der Waals surface area contributed by atoms with Crippen molar-refractivity contribution in [3.8, 4) is 5.75 Å². The van der Waals surface area contributed by atoms with Crippen molar-refractivity contribution in [1.29, 1.82) is 0 Å². The number of para-hydroxylation sites is 1. The molecule has 2 rings (SSSR count). The summed E-state index contributed by atoms with van der Waals surface area (Å²) < 4.78 is 41.3. The number of benzene rings is 1. The lowest BCUT2D eigenvalue weighted by Crippen LogP contribution is -2.28. The van der Waals surface area contributed by atoms with Gasteiger partial charge in [0.05, 0.1) is 5.71 Å². The monoisotopic (exact) mass is 285 g/mol. The van der Waals surface area contributed by atoms with Crippen LogP contribution in [-0.4, -0.2) is 17.9 Å². The molecule has 1 heterocycles. The molecule has 1 aromatic rings. The molecule has 4 nitrogen and oxygen atoms in total. The number of ether oxygens (including phenoxy) is 1. The smallest absolute Gasteiger partial charge is 0.405 e. The topological polar surface area (TPSA) is 60.0 Å². The summed E-state index contributed by atoms with van der Waals surface area (Å²) in [6.07, 6.45) is -3.56. The van der Waals surface area contributed by atoms with Gasteiger partial charge < -0.3 is 10.5 Å². The van der Waals surface area contributed by atoms with Gasteiger partial charge in [0.25, 0.3) is 0 Å². The summed E-state index contributed by atoms with van der Waals surface area (Å²) in [4.78, 5) is 0. The van der Waals surface area contributed by atoms with E-state index in [0.29, 0.717) is 30.0 Å². The molecule has 1 unspecified atom stereocenters. The first-order valence-electron chi connectivity index (χ1n) is 6.15. The van der Waals surface area contributed by atoms with Crippen LogP contribution in [0.5, 0.6) is 5.75 Å². The van der Waals surface area contributed by atoms with Crippen LogP contribution in [0.1, 0.15) is 25.3 Å². The largest absolute Gasteiger partial charge is 0.573 e. The molecule has 108 valence electrons. The van der Waals surface area contributed by atoms with Crippen LogP contribution in [0.3, 0.4) is 0 Å². The summed E-state index contributed by atoms with van der Waals surface area (Å²) in [6, 6.07) is 5.92. The van der Waals surface area contributed by atoms with E-state index in [1.54, 1.807) is 12.1 Å². The Hall–Kier alpha value is -2.05. The van der Waals surface area contributed by atoms with Crippen molar-refractivity contribution < 1.29 is 17.9 Å². The van der Waals surface area contributed by atoms with Crippen LogP contribution in [0.25, 0.3) is 0 Å². The van der Waals surface area contributed by atoms with Crippen molar-refractivity contribution in [2.45, 2.75) is 26.1 Å². The lowest BCUT2D eigenvalue weighted by molar-refractivity contribution is -0.274. The summed E-state index contributed by atoms with van der Waals surface area (Å²) in [6.45, 7) is 1.92. The van der Waals surface area contributed by atoms with Crippen molar-refractivity contribution in [2.24, 2.45) is 21.9 Å². The first kappa shape index (κ1) is 14.4. The first-order chi connectivity index (χ1) is 9.40. The van der Waals surface area contributed by atoms with E-state index in [1.807, 2.05) is 6.92 Å². The lowest BCUT2D eigenvalue weighted by Gasteiger charge is -2.22. The molecule has 0 aromatic heterocycles. The maximum atomic E-state index is 12.4. The van der Waals surface area contributed by atoms with Gasteiger partial charge in [0.15, 0.2) is 0 Å². The predicted molar refractivity (Wildman–Crippen MR) is 69.7 cm³/mol. The fraction of sp³-hybridized carbons (Fsp3) is 0.385. The van der Waals surface area contributed by atoms with Gasteiger partial charge in [-0.3, -0.25) is 0 Å². The Balaban J connectivity index is 2.42. The van der Waals surface area contributed by atoms with Crippen molar-refractivity contribution >= 4 is 11.5 Å². The van der Waals surface area contributed by atoms with Gasteiger partial charge in [-0.15, -0.1) is 18.3 Å². The third kappa shape index (κ3) is 3.28. The van der Waals surface area contributed by atoms with E-state index in [0.717, 1.165) is 0 Å². The van der Waals surface area contributed by atoms with E-state index in [1.165, 1.54) is 12.1 Å². The summed E-state index contributed by atoms with van der Waals surface area (Å²) >= 11 is 0. The highest BCUT2D eigenvalue weighted by Gasteiger charge is 2.33. The van der Waals surface area contributed by atoms with Gasteiger partial charge in [-0.2, -0.15) is 5.10 Å². The molecule has 0 fully saturated rings.